The van der Waals surface area contributed by atoms with Crippen molar-refractivity contribution in [2.24, 2.45) is 5.92 Å². The lowest BCUT2D eigenvalue weighted by Crippen LogP contribution is -2.21. The van der Waals surface area contributed by atoms with E-state index in [0.29, 0.717) is 0 Å². The molecule has 17 heavy (non-hydrogen) atoms. The van der Waals surface area contributed by atoms with Gasteiger partial charge in [-0.05, 0) is 38.3 Å². The molecule has 0 unspecified atom stereocenters. The average Bonchev–Trinajstić information content (AvgIpc) is 2.82. The van der Waals surface area contributed by atoms with Crippen LogP contribution in [0.15, 0.2) is 18.2 Å². The van der Waals surface area contributed by atoms with Gasteiger partial charge in [0.25, 0.3) is 0 Å². The topological polar surface area (TPSA) is 21.3 Å². The molecule has 0 spiro atoms. The summed E-state index contributed by atoms with van der Waals surface area (Å²) in [5.41, 5.74) is 2.56. The van der Waals surface area contributed by atoms with Crippen LogP contribution in [0.25, 0.3) is 0 Å². The summed E-state index contributed by atoms with van der Waals surface area (Å²) in [6, 6.07) is 6.36. The molecule has 0 radical (unpaired) electrons. The van der Waals surface area contributed by atoms with Crippen molar-refractivity contribution in [3.8, 4) is 5.75 Å². The lowest BCUT2D eigenvalue weighted by molar-refractivity contribution is 0.405. The number of methoxy groups -OCH3 is 1. The molecule has 2 nitrogen and oxygen atoms in total. The van der Waals surface area contributed by atoms with Crippen molar-refractivity contribution in [3.63, 3.8) is 0 Å². The lowest BCUT2D eigenvalue weighted by atomic mass is 10.1. The number of rotatable bonds is 5. The fourth-order valence-electron chi connectivity index (χ4n) is 2.67. The third-order valence-corrected chi connectivity index (χ3v) is 3.66. The Kier molecular flexibility index (Phi) is 4.43. The molecule has 0 bridgehead atoms. The monoisotopic (exact) mass is 233 g/mol. The molecule has 0 heterocycles. The molecule has 1 aromatic rings. The second kappa shape index (κ2) is 6.06. The highest BCUT2D eigenvalue weighted by molar-refractivity contribution is 5.36. The van der Waals surface area contributed by atoms with Gasteiger partial charge in [-0.25, -0.2) is 0 Å². The molecule has 1 fully saturated rings. The number of benzene rings is 1. The van der Waals surface area contributed by atoms with Crippen molar-refractivity contribution in [1.82, 2.24) is 5.32 Å². The van der Waals surface area contributed by atoms with E-state index >= 15 is 0 Å². The summed E-state index contributed by atoms with van der Waals surface area (Å²) < 4.78 is 5.38. The van der Waals surface area contributed by atoms with Crippen molar-refractivity contribution >= 4 is 0 Å². The van der Waals surface area contributed by atoms with Gasteiger partial charge in [-0.3, -0.25) is 0 Å². The zero-order valence-electron chi connectivity index (χ0n) is 11.0. The van der Waals surface area contributed by atoms with Crippen LogP contribution < -0.4 is 10.1 Å². The van der Waals surface area contributed by atoms with Crippen molar-refractivity contribution in [1.29, 1.82) is 0 Å². The third kappa shape index (κ3) is 3.47. The molecule has 2 heteroatoms. The molecule has 0 aliphatic heterocycles. The molecule has 0 saturated heterocycles. The number of aryl methyl sites for hydroxylation is 1. The van der Waals surface area contributed by atoms with E-state index in [1.807, 2.05) is 0 Å². The Hall–Kier alpha value is -1.02. The summed E-state index contributed by atoms with van der Waals surface area (Å²) in [6.07, 6.45) is 5.64. The van der Waals surface area contributed by atoms with E-state index in [1.54, 1.807) is 7.11 Å². The van der Waals surface area contributed by atoms with Crippen molar-refractivity contribution in [2.45, 2.75) is 39.2 Å². The van der Waals surface area contributed by atoms with E-state index in [9.17, 15) is 0 Å². The Balaban J connectivity index is 1.86. The molecule has 94 valence electrons. The molecule has 1 aliphatic carbocycles. The fraction of sp³-hybridized carbons (Fsp3) is 0.600. The van der Waals surface area contributed by atoms with E-state index < -0.39 is 0 Å². The first-order valence-corrected chi connectivity index (χ1v) is 6.64. The van der Waals surface area contributed by atoms with E-state index in [0.717, 1.165) is 24.8 Å². The molecule has 0 aromatic heterocycles. The second-order valence-electron chi connectivity index (χ2n) is 5.10. The highest BCUT2D eigenvalue weighted by Crippen LogP contribution is 2.24. The first-order chi connectivity index (χ1) is 8.29. The predicted octanol–water partition coefficient (Wildman–Crippen LogP) is 3.28. The van der Waals surface area contributed by atoms with Gasteiger partial charge < -0.3 is 10.1 Å². The summed E-state index contributed by atoms with van der Waals surface area (Å²) in [6.45, 7) is 4.19. The molecule has 1 N–H and O–H groups in total. The standard InChI is InChI=1S/C15H23NO/c1-12-7-8-15(17-2)14(9-12)11-16-10-13-5-3-4-6-13/h7-9,13,16H,3-6,10-11H2,1-2H3. The summed E-state index contributed by atoms with van der Waals surface area (Å²) in [5, 5.41) is 3.57. The Labute approximate surface area is 104 Å². The first kappa shape index (κ1) is 12.4. The summed E-state index contributed by atoms with van der Waals surface area (Å²) in [5.74, 6) is 1.89. The van der Waals surface area contributed by atoms with Crippen LogP contribution in [-0.4, -0.2) is 13.7 Å². The Morgan fingerprint density at radius 3 is 2.76 bits per heavy atom. The molecule has 1 aromatic carbocycles. The van der Waals surface area contributed by atoms with E-state index in [4.69, 9.17) is 4.74 Å². The molecule has 1 saturated carbocycles. The zero-order chi connectivity index (χ0) is 12.1. The first-order valence-electron chi connectivity index (χ1n) is 6.64. The fourth-order valence-corrected chi connectivity index (χ4v) is 2.67. The molecular formula is C15H23NO. The molecule has 1 aliphatic rings. The van der Waals surface area contributed by atoms with Gasteiger partial charge in [-0.1, -0.05) is 30.5 Å². The Bertz CT molecular complexity index is 356. The Morgan fingerprint density at radius 2 is 2.06 bits per heavy atom. The van der Waals surface area contributed by atoms with Gasteiger partial charge >= 0.3 is 0 Å². The maximum absolute atomic E-state index is 5.38. The predicted molar refractivity (Wildman–Crippen MR) is 71.4 cm³/mol. The normalized spacial score (nSPS) is 16.4. The smallest absolute Gasteiger partial charge is 0.123 e. The van der Waals surface area contributed by atoms with E-state index in [-0.39, 0.29) is 0 Å². The van der Waals surface area contributed by atoms with Gasteiger partial charge in [-0.2, -0.15) is 0 Å². The van der Waals surface area contributed by atoms with Gasteiger partial charge in [0.15, 0.2) is 0 Å². The quantitative estimate of drug-likeness (QED) is 0.842. The number of nitrogens with one attached hydrogen (secondary N) is 1. The van der Waals surface area contributed by atoms with E-state index in [1.165, 1.54) is 36.8 Å². The van der Waals surface area contributed by atoms with Crippen LogP contribution in [0.2, 0.25) is 0 Å². The SMILES string of the molecule is COc1ccc(C)cc1CNCC1CCCC1. The van der Waals surface area contributed by atoms with Crippen LogP contribution in [0.1, 0.15) is 36.8 Å². The minimum absolute atomic E-state index is 0.894. The van der Waals surface area contributed by atoms with Crippen LogP contribution in [0.5, 0.6) is 5.75 Å². The minimum Gasteiger partial charge on any atom is -0.496 e. The maximum Gasteiger partial charge on any atom is 0.123 e. The lowest BCUT2D eigenvalue weighted by Gasteiger charge is -2.13. The molecule has 2 rings (SSSR count). The average molecular weight is 233 g/mol. The van der Waals surface area contributed by atoms with Crippen LogP contribution in [0, 0.1) is 12.8 Å². The largest absolute Gasteiger partial charge is 0.496 e. The summed E-state index contributed by atoms with van der Waals surface area (Å²) in [7, 11) is 1.74. The van der Waals surface area contributed by atoms with Gasteiger partial charge in [0.1, 0.15) is 5.75 Å². The van der Waals surface area contributed by atoms with Crippen molar-refractivity contribution < 1.29 is 4.74 Å². The second-order valence-corrected chi connectivity index (χ2v) is 5.10. The number of ether oxygens (including phenoxy) is 1. The van der Waals surface area contributed by atoms with Gasteiger partial charge in [0, 0.05) is 12.1 Å². The van der Waals surface area contributed by atoms with Crippen molar-refractivity contribution in [3.05, 3.63) is 29.3 Å². The zero-order valence-corrected chi connectivity index (χ0v) is 11.0. The summed E-state index contributed by atoms with van der Waals surface area (Å²) in [4.78, 5) is 0. The Morgan fingerprint density at radius 1 is 1.29 bits per heavy atom. The van der Waals surface area contributed by atoms with Gasteiger partial charge in [0.2, 0.25) is 0 Å². The number of hydrogen-bond donors (Lipinski definition) is 1. The molecular weight excluding hydrogens is 210 g/mol. The van der Waals surface area contributed by atoms with Crippen LogP contribution in [-0.2, 0) is 6.54 Å². The van der Waals surface area contributed by atoms with Crippen LogP contribution in [0.3, 0.4) is 0 Å². The van der Waals surface area contributed by atoms with Gasteiger partial charge in [-0.15, -0.1) is 0 Å². The van der Waals surface area contributed by atoms with E-state index in [2.05, 4.69) is 30.4 Å². The maximum atomic E-state index is 5.38. The summed E-state index contributed by atoms with van der Waals surface area (Å²) >= 11 is 0. The van der Waals surface area contributed by atoms with Crippen LogP contribution >= 0.6 is 0 Å². The van der Waals surface area contributed by atoms with Crippen LogP contribution in [0.4, 0.5) is 0 Å². The highest BCUT2D eigenvalue weighted by Gasteiger charge is 2.14. The third-order valence-electron chi connectivity index (χ3n) is 3.66. The van der Waals surface area contributed by atoms with Crippen molar-refractivity contribution in [2.75, 3.05) is 13.7 Å². The minimum atomic E-state index is 0.894. The molecule has 0 atom stereocenters. The molecule has 0 amide bonds. The highest BCUT2D eigenvalue weighted by atomic mass is 16.5. The van der Waals surface area contributed by atoms with Gasteiger partial charge in [0.05, 0.1) is 7.11 Å². The number of hydrogen-bond acceptors (Lipinski definition) is 2.